The molecule has 2 aromatic rings. The third-order valence-electron chi connectivity index (χ3n) is 9.81. The van der Waals surface area contributed by atoms with Gasteiger partial charge in [0.25, 0.3) is 5.91 Å². The maximum Gasteiger partial charge on any atom is 0.433 e. The van der Waals surface area contributed by atoms with Gasteiger partial charge in [-0.3, -0.25) is 19.1 Å². The molecule has 3 aliphatic carbocycles. The summed E-state index contributed by atoms with van der Waals surface area (Å²) in [6, 6.07) is 2.48. The number of alkyl halides is 3. The second-order valence-corrected chi connectivity index (χ2v) is 13.0. The Bertz CT molecular complexity index is 1360. The Kier molecular flexibility index (Phi) is 7.28. The first-order valence-electron chi connectivity index (χ1n) is 13.7. The van der Waals surface area contributed by atoms with E-state index >= 15 is 0 Å². The van der Waals surface area contributed by atoms with Crippen molar-refractivity contribution in [3.63, 3.8) is 0 Å². The number of hydrogen-bond acceptors (Lipinski definition) is 4. The van der Waals surface area contributed by atoms with Crippen LogP contribution in [-0.2, 0) is 11.0 Å². The van der Waals surface area contributed by atoms with Gasteiger partial charge in [-0.25, -0.2) is 4.39 Å². The number of nitrogens with zero attached hydrogens (tertiary/aromatic N) is 3. The molecule has 2 atom stereocenters. The second kappa shape index (κ2) is 10.1. The van der Waals surface area contributed by atoms with Gasteiger partial charge in [-0.2, -0.15) is 18.3 Å². The maximum absolute atomic E-state index is 14.5. The third kappa shape index (κ3) is 5.15. The SMILES string of the molecule is CC1(C(=O)O)CCC(n2ncc(C(=O)N(CC(=O)c3c(F)cccc3Cl)C3CC4C(C3)C4(C)C)c2C(F)(F)F)CC1. The number of halogens is 5. The number of carbonyl (C=O) groups is 3. The Hall–Kier alpha value is -2.95. The second-order valence-electron chi connectivity index (χ2n) is 12.6. The predicted molar refractivity (Wildman–Crippen MR) is 141 cm³/mol. The number of benzene rings is 1. The summed E-state index contributed by atoms with van der Waals surface area (Å²) in [5, 5.41) is 13.3. The van der Waals surface area contributed by atoms with Gasteiger partial charge < -0.3 is 10.0 Å². The van der Waals surface area contributed by atoms with Crippen LogP contribution in [0.15, 0.2) is 24.4 Å². The molecule has 0 spiro atoms. The highest BCUT2D eigenvalue weighted by atomic mass is 35.5. The number of fused-ring (bicyclic) bond motifs is 1. The topological polar surface area (TPSA) is 92.5 Å². The van der Waals surface area contributed by atoms with Crippen molar-refractivity contribution in [3.05, 3.63) is 52.1 Å². The Morgan fingerprint density at radius 1 is 1.12 bits per heavy atom. The molecule has 0 bridgehead atoms. The summed E-state index contributed by atoms with van der Waals surface area (Å²) in [6.07, 6.45) is -2.40. The average molecular weight is 598 g/mol. The van der Waals surface area contributed by atoms with Gasteiger partial charge >= 0.3 is 12.1 Å². The predicted octanol–water partition coefficient (Wildman–Crippen LogP) is 6.66. The van der Waals surface area contributed by atoms with Crippen LogP contribution in [0.25, 0.3) is 0 Å². The summed E-state index contributed by atoms with van der Waals surface area (Å²) in [6.45, 7) is 5.13. The van der Waals surface area contributed by atoms with Crippen molar-refractivity contribution < 1.29 is 37.1 Å². The van der Waals surface area contributed by atoms with Gasteiger partial charge in [-0.05, 0) is 74.8 Å². The number of aliphatic carboxylic acids is 1. The number of hydrogen-bond donors (Lipinski definition) is 1. The molecule has 222 valence electrons. The summed E-state index contributed by atoms with van der Waals surface area (Å²) in [4.78, 5) is 39.9. The number of Topliss-reactive ketones (excluding diaryl/α,β-unsaturated/α-hetero) is 1. The van der Waals surface area contributed by atoms with Gasteiger partial charge in [0.15, 0.2) is 11.5 Å². The highest BCUT2D eigenvalue weighted by Gasteiger charge is 2.63. The number of carbonyl (C=O) groups excluding carboxylic acids is 2. The number of rotatable bonds is 7. The molecular formula is C29H32ClF4N3O4. The van der Waals surface area contributed by atoms with Crippen LogP contribution in [0.5, 0.6) is 0 Å². The zero-order valence-corrected chi connectivity index (χ0v) is 23.7. The Morgan fingerprint density at radius 2 is 1.73 bits per heavy atom. The fourth-order valence-corrected chi connectivity index (χ4v) is 7.29. The first kappa shape index (κ1) is 29.5. The molecule has 12 heteroatoms. The van der Waals surface area contributed by atoms with Crippen LogP contribution >= 0.6 is 11.6 Å². The molecule has 3 aliphatic rings. The van der Waals surface area contributed by atoms with Gasteiger partial charge in [0, 0.05) is 6.04 Å². The lowest BCUT2D eigenvalue weighted by Crippen LogP contribution is -2.44. The van der Waals surface area contributed by atoms with E-state index in [1.807, 2.05) is 0 Å². The van der Waals surface area contributed by atoms with Crippen molar-refractivity contribution in [2.45, 2.75) is 77.6 Å². The Labute approximate surface area is 239 Å². The lowest BCUT2D eigenvalue weighted by atomic mass is 9.74. The molecule has 1 heterocycles. The Balaban J connectivity index is 1.48. The van der Waals surface area contributed by atoms with Crippen molar-refractivity contribution in [1.82, 2.24) is 14.7 Å². The number of carboxylic acids is 1. The van der Waals surface area contributed by atoms with Gasteiger partial charge in [0.2, 0.25) is 0 Å². The molecule has 1 amide bonds. The minimum Gasteiger partial charge on any atom is -0.481 e. The lowest BCUT2D eigenvalue weighted by Gasteiger charge is -2.35. The molecular weight excluding hydrogens is 566 g/mol. The van der Waals surface area contributed by atoms with E-state index in [1.165, 1.54) is 12.1 Å². The third-order valence-corrected chi connectivity index (χ3v) is 10.1. The largest absolute Gasteiger partial charge is 0.481 e. The minimum atomic E-state index is -4.95. The van der Waals surface area contributed by atoms with Crippen LogP contribution in [-0.4, -0.2) is 50.0 Å². The van der Waals surface area contributed by atoms with Crippen molar-refractivity contribution in [1.29, 1.82) is 0 Å². The highest BCUT2D eigenvalue weighted by molar-refractivity contribution is 6.34. The summed E-state index contributed by atoms with van der Waals surface area (Å²) in [7, 11) is 0. The fourth-order valence-electron chi connectivity index (χ4n) is 7.03. The first-order valence-corrected chi connectivity index (χ1v) is 14.1. The molecule has 3 saturated carbocycles. The van der Waals surface area contributed by atoms with Gasteiger partial charge in [0.1, 0.15) is 5.82 Å². The van der Waals surface area contributed by atoms with E-state index in [1.54, 1.807) is 6.92 Å². The average Bonchev–Trinajstić information content (AvgIpc) is 3.30. The van der Waals surface area contributed by atoms with Crippen LogP contribution in [0.4, 0.5) is 17.6 Å². The summed E-state index contributed by atoms with van der Waals surface area (Å²) >= 11 is 6.08. The van der Waals surface area contributed by atoms with E-state index in [0.717, 1.165) is 21.8 Å². The molecule has 3 fully saturated rings. The van der Waals surface area contributed by atoms with E-state index in [2.05, 4.69) is 18.9 Å². The molecule has 0 aliphatic heterocycles. The molecule has 0 radical (unpaired) electrons. The first-order chi connectivity index (χ1) is 19.1. The highest BCUT2D eigenvalue weighted by Crippen LogP contribution is 2.67. The normalized spacial score (nSPS) is 28.7. The summed E-state index contributed by atoms with van der Waals surface area (Å²) < 4.78 is 58.9. The molecule has 1 aromatic carbocycles. The number of carboxylic acid groups (broad SMARTS) is 1. The molecule has 1 N–H and O–H groups in total. The van der Waals surface area contributed by atoms with E-state index in [4.69, 9.17) is 11.6 Å². The van der Waals surface area contributed by atoms with Crippen LogP contribution in [0.3, 0.4) is 0 Å². The van der Waals surface area contributed by atoms with E-state index < -0.39 is 70.5 Å². The van der Waals surface area contributed by atoms with Gasteiger partial charge in [-0.1, -0.05) is 31.5 Å². The molecule has 41 heavy (non-hydrogen) atoms. The van der Waals surface area contributed by atoms with Crippen LogP contribution in [0.2, 0.25) is 5.02 Å². The quantitative estimate of drug-likeness (QED) is 0.285. The smallest absolute Gasteiger partial charge is 0.433 e. The molecule has 1 aromatic heterocycles. The molecule has 5 rings (SSSR count). The standard InChI is InChI=1S/C29H32ClF4N3O4/c1-27(2)18-11-16(12-19(18)27)36(14-22(38)23-20(30)5-4-6-21(23)31)25(39)17-13-35-37(24(17)29(32,33)34)15-7-9-28(3,10-8-15)26(40)41/h4-6,13,15-16,18-19H,7-12,14H2,1-3H3,(H,40,41). The minimum absolute atomic E-state index is 0.0531. The lowest BCUT2D eigenvalue weighted by molar-refractivity contribution is -0.152. The van der Waals surface area contributed by atoms with Crippen LogP contribution in [0, 0.1) is 28.5 Å². The van der Waals surface area contributed by atoms with E-state index in [0.29, 0.717) is 12.8 Å². The molecule has 7 nitrogen and oxygen atoms in total. The van der Waals surface area contributed by atoms with E-state index in [9.17, 15) is 37.1 Å². The fraction of sp³-hybridized carbons (Fsp3) is 0.586. The number of aromatic nitrogens is 2. The van der Waals surface area contributed by atoms with E-state index in [-0.39, 0.29) is 48.0 Å². The zero-order valence-electron chi connectivity index (χ0n) is 23.0. The summed E-state index contributed by atoms with van der Waals surface area (Å²) in [5.74, 6) is -3.14. The van der Waals surface area contributed by atoms with Crippen molar-refractivity contribution in [3.8, 4) is 0 Å². The van der Waals surface area contributed by atoms with Crippen molar-refractivity contribution in [2.24, 2.45) is 22.7 Å². The maximum atomic E-state index is 14.5. The number of amides is 1. The summed E-state index contributed by atoms with van der Waals surface area (Å²) in [5.41, 5.74) is -3.31. The van der Waals surface area contributed by atoms with Crippen molar-refractivity contribution >= 4 is 29.3 Å². The zero-order chi connectivity index (χ0) is 30.1. The van der Waals surface area contributed by atoms with Crippen LogP contribution < -0.4 is 0 Å². The van der Waals surface area contributed by atoms with Crippen LogP contribution in [0.1, 0.15) is 91.7 Å². The van der Waals surface area contributed by atoms with Gasteiger partial charge in [0.05, 0.1) is 40.3 Å². The molecule has 2 unspecified atom stereocenters. The Morgan fingerprint density at radius 3 is 2.27 bits per heavy atom. The molecule has 0 saturated heterocycles. The van der Waals surface area contributed by atoms with Crippen molar-refractivity contribution in [2.75, 3.05) is 6.54 Å². The van der Waals surface area contributed by atoms with Gasteiger partial charge in [-0.15, -0.1) is 0 Å². The monoisotopic (exact) mass is 597 g/mol. The number of ketones is 1.